The highest BCUT2D eigenvalue weighted by Crippen LogP contribution is 2.29. The van der Waals surface area contributed by atoms with Crippen molar-refractivity contribution in [1.82, 2.24) is 9.88 Å². The van der Waals surface area contributed by atoms with E-state index in [0.717, 1.165) is 25.9 Å². The molecule has 2 heterocycles. The molecule has 1 aliphatic rings. The fourth-order valence-electron chi connectivity index (χ4n) is 2.04. The Morgan fingerprint density at radius 3 is 2.87 bits per heavy atom. The Balaban J connectivity index is 1.90. The third-order valence-corrected chi connectivity index (χ3v) is 3.89. The molecule has 82 valence electrons. The number of rotatable bonds is 2. The van der Waals surface area contributed by atoms with E-state index >= 15 is 0 Å². The molecule has 0 atom stereocenters. The SMILES string of the molecule is CCC(=O)N1CCC(c2nccs2)CC1. The van der Waals surface area contributed by atoms with Gasteiger partial charge in [0.15, 0.2) is 0 Å². The topological polar surface area (TPSA) is 33.2 Å². The summed E-state index contributed by atoms with van der Waals surface area (Å²) in [5.41, 5.74) is 0. The van der Waals surface area contributed by atoms with Gasteiger partial charge in [-0.1, -0.05) is 6.92 Å². The van der Waals surface area contributed by atoms with E-state index in [-0.39, 0.29) is 5.91 Å². The van der Waals surface area contributed by atoms with E-state index in [1.807, 2.05) is 23.4 Å². The minimum Gasteiger partial charge on any atom is -0.343 e. The minimum atomic E-state index is 0.285. The van der Waals surface area contributed by atoms with Crippen molar-refractivity contribution in [3.05, 3.63) is 16.6 Å². The number of aromatic nitrogens is 1. The Labute approximate surface area is 94.1 Å². The maximum atomic E-state index is 11.5. The van der Waals surface area contributed by atoms with Crippen LogP contribution in [0.15, 0.2) is 11.6 Å². The van der Waals surface area contributed by atoms with Gasteiger partial charge in [0.2, 0.25) is 5.91 Å². The zero-order valence-corrected chi connectivity index (χ0v) is 9.80. The van der Waals surface area contributed by atoms with Crippen LogP contribution < -0.4 is 0 Å². The van der Waals surface area contributed by atoms with E-state index in [2.05, 4.69) is 4.98 Å². The number of nitrogens with zero attached hydrogens (tertiary/aromatic N) is 2. The highest BCUT2D eigenvalue weighted by Gasteiger charge is 2.23. The third kappa shape index (κ3) is 2.37. The maximum Gasteiger partial charge on any atom is 0.222 e. The van der Waals surface area contributed by atoms with Crippen LogP contribution in [0.5, 0.6) is 0 Å². The Morgan fingerprint density at radius 2 is 2.33 bits per heavy atom. The second-order valence-electron chi connectivity index (χ2n) is 3.88. The molecule has 0 aliphatic carbocycles. The van der Waals surface area contributed by atoms with Crippen LogP contribution in [0.1, 0.15) is 37.1 Å². The first-order valence-corrected chi connectivity index (χ1v) is 6.36. The van der Waals surface area contributed by atoms with Crippen LogP contribution in [-0.2, 0) is 4.79 Å². The smallest absolute Gasteiger partial charge is 0.222 e. The van der Waals surface area contributed by atoms with Gasteiger partial charge in [-0.15, -0.1) is 11.3 Å². The van der Waals surface area contributed by atoms with Crippen molar-refractivity contribution in [2.24, 2.45) is 0 Å². The summed E-state index contributed by atoms with van der Waals surface area (Å²) in [6.07, 6.45) is 4.63. The predicted octanol–water partition coefficient (Wildman–Crippen LogP) is 2.26. The third-order valence-electron chi connectivity index (χ3n) is 2.95. The molecule has 0 radical (unpaired) electrons. The molecular weight excluding hydrogens is 208 g/mol. The van der Waals surface area contributed by atoms with Crippen molar-refractivity contribution in [2.45, 2.75) is 32.1 Å². The van der Waals surface area contributed by atoms with Crippen LogP contribution in [0.4, 0.5) is 0 Å². The number of likely N-dealkylation sites (tertiary alicyclic amines) is 1. The summed E-state index contributed by atoms with van der Waals surface area (Å²) >= 11 is 1.73. The molecule has 0 bridgehead atoms. The number of piperidine rings is 1. The van der Waals surface area contributed by atoms with Gasteiger partial charge in [0.25, 0.3) is 0 Å². The second kappa shape index (κ2) is 4.75. The number of amides is 1. The van der Waals surface area contributed by atoms with Gasteiger partial charge in [0.05, 0.1) is 5.01 Å². The summed E-state index contributed by atoms with van der Waals surface area (Å²) in [5, 5.41) is 3.26. The summed E-state index contributed by atoms with van der Waals surface area (Å²) in [6.45, 7) is 3.73. The number of thiazole rings is 1. The average Bonchev–Trinajstić information content (AvgIpc) is 2.82. The molecule has 0 aromatic carbocycles. The maximum absolute atomic E-state index is 11.5. The monoisotopic (exact) mass is 224 g/mol. The molecule has 4 heteroatoms. The lowest BCUT2D eigenvalue weighted by atomic mass is 9.97. The van der Waals surface area contributed by atoms with Crippen molar-refractivity contribution >= 4 is 17.2 Å². The Bertz CT molecular complexity index is 315. The summed E-state index contributed by atoms with van der Waals surface area (Å²) in [6, 6.07) is 0. The lowest BCUT2D eigenvalue weighted by molar-refractivity contribution is -0.131. The van der Waals surface area contributed by atoms with Crippen molar-refractivity contribution < 1.29 is 4.79 Å². The summed E-state index contributed by atoms with van der Waals surface area (Å²) in [4.78, 5) is 17.8. The summed E-state index contributed by atoms with van der Waals surface area (Å²) < 4.78 is 0. The van der Waals surface area contributed by atoms with Gasteiger partial charge in [-0.25, -0.2) is 4.98 Å². The Morgan fingerprint density at radius 1 is 1.60 bits per heavy atom. The van der Waals surface area contributed by atoms with Crippen molar-refractivity contribution in [1.29, 1.82) is 0 Å². The van der Waals surface area contributed by atoms with Gasteiger partial charge in [-0.3, -0.25) is 4.79 Å². The minimum absolute atomic E-state index is 0.285. The number of hydrogen-bond acceptors (Lipinski definition) is 3. The zero-order chi connectivity index (χ0) is 10.7. The van der Waals surface area contributed by atoms with Gasteiger partial charge >= 0.3 is 0 Å². The van der Waals surface area contributed by atoms with Crippen molar-refractivity contribution in [3.63, 3.8) is 0 Å². The van der Waals surface area contributed by atoms with Gasteiger partial charge in [-0.2, -0.15) is 0 Å². The van der Waals surface area contributed by atoms with Gasteiger partial charge in [-0.05, 0) is 12.8 Å². The molecular formula is C11H16N2OS. The average molecular weight is 224 g/mol. The quantitative estimate of drug-likeness (QED) is 0.772. The largest absolute Gasteiger partial charge is 0.343 e. The van der Waals surface area contributed by atoms with Crippen LogP contribution in [0.3, 0.4) is 0 Å². The van der Waals surface area contributed by atoms with Crippen LogP contribution in [0.2, 0.25) is 0 Å². The van der Waals surface area contributed by atoms with Gasteiger partial charge in [0.1, 0.15) is 0 Å². The first-order chi connectivity index (χ1) is 7.31. The molecule has 3 nitrogen and oxygen atoms in total. The zero-order valence-electron chi connectivity index (χ0n) is 8.98. The van der Waals surface area contributed by atoms with E-state index in [0.29, 0.717) is 12.3 Å². The fourth-order valence-corrected chi connectivity index (χ4v) is 2.85. The summed E-state index contributed by atoms with van der Waals surface area (Å²) in [7, 11) is 0. The van der Waals surface area contributed by atoms with Crippen molar-refractivity contribution in [3.8, 4) is 0 Å². The van der Waals surface area contributed by atoms with Crippen LogP contribution >= 0.6 is 11.3 Å². The lowest BCUT2D eigenvalue weighted by Crippen LogP contribution is -2.37. The van der Waals surface area contributed by atoms with E-state index in [9.17, 15) is 4.79 Å². The normalized spacial score (nSPS) is 18.1. The fraction of sp³-hybridized carbons (Fsp3) is 0.636. The molecule has 0 unspecified atom stereocenters. The molecule has 2 rings (SSSR count). The van der Waals surface area contributed by atoms with E-state index in [1.54, 1.807) is 11.3 Å². The van der Waals surface area contributed by atoms with Crippen molar-refractivity contribution in [2.75, 3.05) is 13.1 Å². The van der Waals surface area contributed by atoms with E-state index in [1.165, 1.54) is 5.01 Å². The van der Waals surface area contributed by atoms with E-state index < -0.39 is 0 Å². The Hall–Kier alpha value is -0.900. The first-order valence-electron chi connectivity index (χ1n) is 5.48. The highest BCUT2D eigenvalue weighted by atomic mass is 32.1. The predicted molar refractivity (Wildman–Crippen MR) is 61.0 cm³/mol. The molecule has 15 heavy (non-hydrogen) atoms. The number of carbonyl (C=O) groups excluding carboxylic acids is 1. The molecule has 0 saturated carbocycles. The van der Waals surface area contributed by atoms with Crippen LogP contribution in [0, 0.1) is 0 Å². The Kier molecular flexibility index (Phi) is 3.36. The molecule has 1 aromatic heterocycles. The molecule has 0 spiro atoms. The molecule has 1 fully saturated rings. The number of hydrogen-bond donors (Lipinski definition) is 0. The first kappa shape index (κ1) is 10.6. The van der Waals surface area contributed by atoms with Gasteiger partial charge in [0, 0.05) is 37.0 Å². The van der Waals surface area contributed by atoms with E-state index in [4.69, 9.17) is 0 Å². The standard InChI is InChI=1S/C11H16N2OS/c1-2-10(14)13-6-3-9(4-7-13)11-12-5-8-15-11/h5,8-9H,2-4,6-7H2,1H3. The van der Waals surface area contributed by atoms with Crippen LogP contribution in [0.25, 0.3) is 0 Å². The van der Waals surface area contributed by atoms with Gasteiger partial charge < -0.3 is 4.90 Å². The highest BCUT2D eigenvalue weighted by molar-refractivity contribution is 7.09. The number of carbonyl (C=O) groups is 1. The van der Waals surface area contributed by atoms with Crippen LogP contribution in [-0.4, -0.2) is 28.9 Å². The molecule has 1 aromatic rings. The second-order valence-corrected chi connectivity index (χ2v) is 4.81. The molecule has 0 N–H and O–H groups in total. The molecule has 1 aliphatic heterocycles. The summed E-state index contributed by atoms with van der Waals surface area (Å²) in [5.74, 6) is 0.860. The molecule has 1 amide bonds. The molecule has 1 saturated heterocycles. The lowest BCUT2D eigenvalue weighted by Gasteiger charge is -2.30.